The Morgan fingerprint density at radius 2 is 1.91 bits per heavy atom. The Labute approximate surface area is 136 Å². The predicted molar refractivity (Wildman–Crippen MR) is 91.8 cm³/mol. The number of benzene rings is 1. The molecule has 1 aliphatic heterocycles. The third-order valence-electron chi connectivity index (χ3n) is 4.43. The molecule has 120 valence electrons. The summed E-state index contributed by atoms with van der Waals surface area (Å²) < 4.78 is 0. The normalized spacial score (nSPS) is 15.5. The number of hydrogen-bond donors (Lipinski definition) is 1. The number of rotatable bonds is 3. The molecule has 1 N–H and O–H groups in total. The van der Waals surface area contributed by atoms with E-state index in [1.807, 2.05) is 12.1 Å². The molecule has 0 aliphatic carbocycles. The molecule has 1 aromatic carbocycles. The van der Waals surface area contributed by atoms with E-state index in [-0.39, 0.29) is 5.91 Å². The Hall–Kier alpha value is -2.43. The van der Waals surface area contributed by atoms with Crippen LogP contribution >= 0.6 is 0 Å². The molecule has 0 saturated carbocycles. The predicted octanol–water partition coefficient (Wildman–Crippen LogP) is 3.27. The van der Waals surface area contributed by atoms with Gasteiger partial charge < -0.3 is 10.2 Å². The van der Waals surface area contributed by atoms with E-state index in [0.717, 1.165) is 24.7 Å². The first-order valence-electron chi connectivity index (χ1n) is 8.06. The van der Waals surface area contributed by atoms with Gasteiger partial charge in [-0.1, -0.05) is 6.92 Å². The minimum atomic E-state index is -0.178. The van der Waals surface area contributed by atoms with Crippen molar-refractivity contribution in [3.05, 3.63) is 48.0 Å². The summed E-state index contributed by atoms with van der Waals surface area (Å²) in [7, 11) is 0. The van der Waals surface area contributed by atoms with Crippen molar-refractivity contribution < 1.29 is 4.79 Å². The quantitative estimate of drug-likeness (QED) is 0.945. The second-order valence-corrected chi connectivity index (χ2v) is 6.19. The van der Waals surface area contributed by atoms with E-state index in [9.17, 15) is 4.79 Å². The van der Waals surface area contributed by atoms with Crippen LogP contribution in [-0.2, 0) is 0 Å². The van der Waals surface area contributed by atoms with Crippen molar-refractivity contribution in [1.29, 1.82) is 0 Å². The van der Waals surface area contributed by atoms with Crippen molar-refractivity contribution >= 4 is 17.3 Å². The summed E-state index contributed by atoms with van der Waals surface area (Å²) in [5.41, 5.74) is 3.18. The molecule has 5 nitrogen and oxygen atoms in total. The van der Waals surface area contributed by atoms with Gasteiger partial charge in [0.25, 0.3) is 5.91 Å². The fourth-order valence-corrected chi connectivity index (χ4v) is 2.83. The molecule has 1 amide bonds. The number of piperidine rings is 1. The van der Waals surface area contributed by atoms with Crippen LogP contribution in [0.4, 0.5) is 11.4 Å². The summed E-state index contributed by atoms with van der Waals surface area (Å²) in [6.45, 7) is 6.32. The Kier molecular flexibility index (Phi) is 4.55. The summed E-state index contributed by atoms with van der Waals surface area (Å²) >= 11 is 0. The summed E-state index contributed by atoms with van der Waals surface area (Å²) in [5, 5.41) is 2.90. The number of aromatic nitrogens is 2. The zero-order valence-electron chi connectivity index (χ0n) is 13.6. The van der Waals surface area contributed by atoms with Crippen LogP contribution in [0.5, 0.6) is 0 Å². The van der Waals surface area contributed by atoms with E-state index in [1.165, 1.54) is 24.9 Å². The van der Waals surface area contributed by atoms with Crippen molar-refractivity contribution in [2.75, 3.05) is 23.3 Å². The molecule has 2 aromatic rings. The highest BCUT2D eigenvalue weighted by molar-refractivity contribution is 6.04. The lowest BCUT2D eigenvalue weighted by Crippen LogP contribution is -2.32. The molecule has 1 fully saturated rings. The first-order chi connectivity index (χ1) is 11.1. The lowest BCUT2D eigenvalue weighted by molar-refractivity contribution is 0.102. The third-order valence-corrected chi connectivity index (χ3v) is 4.43. The SMILES string of the molecule is Cc1ncncc1C(=O)Nc1ccc(N2CCC(C)CC2)cc1. The lowest BCUT2D eigenvalue weighted by Gasteiger charge is -2.32. The van der Waals surface area contributed by atoms with Gasteiger partial charge in [-0.2, -0.15) is 0 Å². The maximum atomic E-state index is 12.3. The van der Waals surface area contributed by atoms with E-state index in [0.29, 0.717) is 11.3 Å². The number of nitrogens with one attached hydrogen (secondary N) is 1. The first-order valence-corrected chi connectivity index (χ1v) is 8.06. The molecule has 0 radical (unpaired) electrons. The molecule has 0 spiro atoms. The number of aryl methyl sites for hydroxylation is 1. The zero-order chi connectivity index (χ0) is 16.2. The van der Waals surface area contributed by atoms with Crippen LogP contribution in [0.1, 0.15) is 35.8 Å². The van der Waals surface area contributed by atoms with Crippen molar-refractivity contribution in [3.8, 4) is 0 Å². The molecule has 1 aliphatic rings. The number of nitrogens with zero attached hydrogens (tertiary/aromatic N) is 3. The first kappa shape index (κ1) is 15.5. The van der Waals surface area contributed by atoms with Gasteiger partial charge in [0.15, 0.2) is 0 Å². The number of carbonyl (C=O) groups excluding carboxylic acids is 1. The average Bonchev–Trinajstić information content (AvgIpc) is 2.57. The molecular weight excluding hydrogens is 288 g/mol. The Morgan fingerprint density at radius 1 is 1.22 bits per heavy atom. The van der Waals surface area contributed by atoms with Crippen LogP contribution in [0.15, 0.2) is 36.8 Å². The highest BCUT2D eigenvalue weighted by atomic mass is 16.1. The summed E-state index contributed by atoms with van der Waals surface area (Å²) in [6, 6.07) is 8.04. The van der Waals surface area contributed by atoms with E-state index in [4.69, 9.17) is 0 Å². The molecule has 3 rings (SSSR count). The third kappa shape index (κ3) is 3.67. The molecule has 5 heteroatoms. The van der Waals surface area contributed by atoms with Crippen LogP contribution in [0.3, 0.4) is 0 Å². The van der Waals surface area contributed by atoms with Crippen molar-refractivity contribution in [1.82, 2.24) is 9.97 Å². The number of anilines is 2. The zero-order valence-corrected chi connectivity index (χ0v) is 13.6. The summed E-state index contributed by atoms with van der Waals surface area (Å²) in [4.78, 5) is 22.6. The second-order valence-electron chi connectivity index (χ2n) is 6.19. The van der Waals surface area contributed by atoms with Crippen LogP contribution in [-0.4, -0.2) is 29.0 Å². The van der Waals surface area contributed by atoms with E-state index >= 15 is 0 Å². The minimum absolute atomic E-state index is 0.178. The Bertz CT molecular complexity index is 676. The highest BCUT2D eigenvalue weighted by Crippen LogP contribution is 2.24. The number of hydrogen-bond acceptors (Lipinski definition) is 4. The molecule has 23 heavy (non-hydrogen) atoms. The van der Waals surface area contributed by atoms with Crippen LogP contribution < -0.4 is 10.2 Å². The lowest BCUT2D eigenvalue weighted by atomic mass is 9.99. The van der Waals surface area contributed by atoms with Gasteiger partial charge in [0, 0.05) is 30.7 Å². The maximum Gasteiger partial charge on any atom is 0.259 e. The average molecular weight is 310 g/mol. The number of carbonyl (C=O) groups is 1. The Balaban J connectivity index is 1.66. The molecule has 0 bridgehead atoms. The Morgan fingerprint density at radius 3 is 2.57 bits per heavy atom. The van der Waals surface area contributed by atoms with Crippen LogP contribution in [0, 0.1) is 12.8 Å². The fourth-order valence-electron chi connectivity index (χ4n) is 2.83. The minimum Gasteiger partial charge on any atom is -0.372 e. The van der Waals surface area contributed by atoms with Gasteiger partial charge in [-0.3, -0.25) is 4.79 Å². The monoisotopic (exact) mass is 310 g/mol. The molecule has 1 saturated heterocycles. The van der Waals surface area contributed by atoms with E-state index in [1.54, 1.807) is 13.1 Å². The molecule has 0 unspecified atom stereocenters. The van der Waals surface area contributed by atoms with Gasteiger partial charge in [-0.05, 0) is 49.9 Å². The maximum absolute atomic E-state index is 12.3. The van der Waals surface area contributed by atoms with Gasteiger partial charge >= 0.3 is 0 Å². The number of amides is 1. The highest BCUT2D eigenvalue weighted by Gasteiger charge is 2.16. The standard InChI is InChI=1S/C18H22N4O/c1-13-7-9-22(10-8-13)16-5-3-15(4-6-16)21-18(23)17-11-19-12-20-14(17)2/h3-6,11-13H,7-10H2,1-2H3,(H,21,23). The summed E-state index contributed by atoms with van der Waals surface area (Å²) in [6.07, 6.45) is 5.47. The molecule has 1 aromatic heterocycles. The topological polar surface area (TPSA) is 58.1 Å². The molecular formula is C18H22N4O. The largest absolute Gasteiger partial charge is 0.372 e. The van der Waals surface area contributed by atoms with Gasteiger partial charge in [0.1, 0.15) is 6.33 Å². The van der Waals surface area contributed by atoms with Crippen molar-refractivity contribution in [2.45, 2.75) is 26.7 Å². The van der Waals surface area contributed by atoms with Gasteiger partial charge in [0.2, 0.25) is 0 Å². The van der Waals surface area contributed by atoms with Crippen molar-refractivity contribution in [3.63, 3.8) is 0 Å². The summed E-state index contributed by atoms with van der Waals surface area (Å²) in [5.74, 6) is 0.642. The van der Waals surface area contributed by atoms with Crippen LogP contribution in [0.2, 0.25) is 0 Å². The second kappa shape index (κ2) is 6.77. The molecule has 2 heterocycles. The van der Waals surface area contributed by atoms with Gasteiger partial charge in [0.05, 0.1) is 11.3 Å². The van der Waals surface area contributed by atoms with Gasteiger partial charge in [-0.15, -0.1) is 0 Å². The molecule has 0 atom stereocenters. The van der Waals surface area contributed by atoms with Crippen LogP contribution in [0.25, 0.3) is 0 Å². The van der Waals surface area contributed by atoms with Crippen molar-refractivity contribution in [2.24, 2.45) is 5.92 Å². The fraction of sp³-hybridized carbons (Fsp3) is 0.389. The van der Waals surface area contributed by atoms with E-state index in [2.05, 4.69) is 39.2 Å². The van der Waals surface area contributed by atoms with E-state index < -0.39 is 0 Å². The smallest absolute Gasteiger partial charge is 0.259 e. The van der Waals surface area contributed by atoms with Gasteiger partial charge in [-0.25, -0.2) is 9.97 Å².